The number of fused-ring (bicyclic) bond motifs is 5. The smallest absolute Gasteiger partial charge is 0.212 e. The molecule has 3 nitrogen and oxygen atoms in total. The van der Waals surface area contributed by atoms with E-state index in [0.29, 0.717) is 0 Å². The summed E-state index contributed by atoms with van der Waals surface area (Å²) in [4.78, 5) is 6.97. The molecule has 0 N–H and O–H groups in total. The lowest BCUT2D eigenvalue weighted by atomic mass is 10.1. The van der Waals surface area contributed by atoms with Crippen LogP contribution in [0.5, 0.6) is 0 Å². The zero-order chi connectivity index (χ0) is 10.5. The molecule has 0 radical (unpaired) electrons. The van der Waals surface area contributed by atoms with E-state index in [4.69, 9.17) is 0 Å². The van der Waals surface area contributed by atoms with Gasteiger partial charge in [-0.3, -0.25) is 0 Å². The first-order valence-corrected chi connectivity index (χ1v) is 6.83. The minimum atomic E-state index is 0.956. The van der Waals surface area contributed by atoms with Crippen LogP contribution in [-0.2, 0) is 5.75 Å². The highest BCUT2D eigenvalue weighted by atomic mass is 32.2. The third-order valence-corrected chi connectivity index (χ3v) is 4.50. The van der Waals surface area contributed by atoms with Crippen molar-refractivity contribution in [3.63, 3.8) is 0 Å². The molecule has 0 amide bonds. The molecular formula is C11H7N3S2. The van der Waals surface area contributed by atoms with E-state index >= 15 is 0 Å². The Kier molecular flexibility index (Phi) is 1.69. The Bertz CT molecular complexity index is 683. The molecule has 0 spiro atoms. The van der Waals surface area contributed by atoms with Gasteiger partial charge in [-0.25, -0.2) is 9.50 Å². The van der Waals surface area contributed by atoms with Gasteiger partial charge in [0.1, 0.15) is 5.51 Å². The van der Waals surface area contributed by atoms with E-state index in [0.717, 1.165) is 16.4 Å². The van der Waals surface area contributed by atoms with Gasteiger partial charge in [0.2, 0.25) is 4.96 Å². The molecule has 0 unspecified atom stereocenters. The zero-order valence-electron chi connectivity index (χ0n) is 8.25. The van der Waals surface area contributed by atoms with Crippen molar-refractivity contribution >= 4 is 28.1 Å². The molecule has 3 heterocycles. The van der Waals surface area contributed by atoms with E-state index in [2.05, 4.69) is 34.3 Å². The Balaban J connectivity index is 2.10. The molecular weight excluding hydrogens is 238 g/mol. The number of hydrogen-bond acceptors (Lipinski definition) is 4. The fraction of sp³-hybridized carbons (Fsp3) is 0.0909. The van der Waals surface area contributed by atoms with Crippen molar-refractivity contribution in [2.24, 2.45) is 0 Å². The quantitative estimate of drug-likeness (QED) is 0.609. The van der Waals surface area contributed by atoms with Gasteiger partial charge < -0.3 is 0 Å². The van der Waals surface area contributed by atoms with Gasteiger partial charge in [-0.05, 0) is 6.07 Å². The van der Waals surface area contributed by atoms with Crippen molar-refractivity contribution in [3.05, 3.63) is 35.5 Å². The summed E-state index contributed by atoms with van der Waals surface area (Å²) in [6.45, 7) is 0. The van der Waals surface area contributed by atoms with Crippen molar-refractivity contribution in [1.82, 2.24) is 14.6 Å². The van der Waals surface area contributed by atoms with Crippen molar-refractivity contribution in [3.8, 4) is 11.3 Å². The summed E-state index contributed by atoms with van der Waals surface area (Å²) in [5.74, 6) is 0.956. The van der Waals surface area contributed by atoms with Crippen LogP contribution < -0.4 is 0 Å². The first-order valence-electron chi connectivity index (χ1n) is 4.97. The molecule has 0 fully saturated rings. The molecule has 16 heavy (non-hydrogen) atoms. The normalized spacial score (nSPS) is 13.8. The van der Waals surface area contributed by atoms with E-state index in [1.165, 1.54) is 16.2 Å². The SMILES string of the molecule is c1ccc2c(c1)SCc1c-2nc2scnn12. The Labute approximate surface area is 100 Å². The van der Waals surface area contributed by atoms with Gasteiger partial charge in [-0.1, -0.05) is 29.5 Å². The topological polar surface area (TPSA) is 30.2 Å². The molecule has 0 saturated heterocycles. The highest BCUT2D eigenvalue weighted by Crippen LogP contribution is 2.41. The number of hydrogen-bond donors (Lipinski definition) is 0. The van der Waals surface area contributed by atoms with Gasteiger partial charge in [0.15, 0.2) is 0 Å². The standard InChI is InChI=1S/C11H7N3S2/c1-2-4-9-7(3-1)10-8(5-15-9)14-11(13-10)16-6-12-14/h1-4,6H,5H2. The largest absolute Gasteiger partial charge is 0.217 e. The summed E-state index contributed by atoms with van der Waals surface area (Å²) < 4.78 is 1.96. The Hall–Kier alpha value is -1.33. The summed E-state index contributed by atoms with van der Waals surface area (Å²) in [6.07, 6.45) is 0. The van der Waals surface area contributed by atoms with E-state index in [1.807, 2.05) is 21.8 Å². The van der Waals surface area contributed by atoms with Crippen LogP contribution in [0.25, 0.3) is 16.2 Å². The fourth-order valence-corrected chi connectivity index (χ4v) is 3.70. The molecule has 0 aliphatic carbocycles. The number of imidazole rings is 1. The van der Waals surface area contributed by atoms with Gasteiger partial charge in [0, 0.05) is 16.2 Å². The van der Waals surface area contributed by atoms with Crippen molar-refractivity contribution in [2.75, 3.05) is 0 Å². The lowest BCUT2D eigenvalue weighted by molar-refractivity contribution is 0.922. The third-order valence-electron chi connectivity index (χ3n) is 2.74. The molecule has 0 saturated carbocycles. The Morgan fingerprint density at radius 1 is 1.25 bits per heavy atom. The lowest BCUT2D eigenvalue weighted by Crippen LogP contribution is -1.98. The van der Waals surface area contributed by atoms with Gasteiger partial charge in [-0.15, -0.1) is 11.8 Å². The number of aromatic nitrogens is 3. The molecule has 78 valence electrons. The Morgan fingerprint density at radius 2 is 2.19 bits per heavy atom. The molecule has 0 bridgehead atoms. The van der Waals surface area contributed by atoms with Crippen molar-refractivity contribution in [2.45, 2.75) is 10.6 Å². The van der Waals surface area contributed by atoms with Crippen LogP contribution in [-0.4, -0.2) is 14.6 Å². The molecule has 3 aromatic rings. The number of thioether (sulfide) groups is 1. The third kappa shape index (κ3) is 1.04. The predicted octanol–water partition coefficient (Wildman–Crippen LogP) is 3.06. The molecule has 0 atom stereocenters. The summed E-state index contributed by atoms with van der Waals surface area (Å²) in [5.41, 5.74) is 5.41. The highest BCUT2D eigenvalue weighted by Gasteiger charge is 2.22. The molecule has 2 aromatic heterocycles. The molecule has 1 aromatic carbocycles. The van der Waals surface area contributed by atoms with Crippen molar-refractivity contribution in [1.29, 1.82) is 0 Å². The zero-order valence-corrected chi connectivity index (χ0v) is 9.88. The van der Waals surface area contributed by atoms with E-state index < -0.39 is 0 Å². The van der Waals surface area contributed by atoms with Crippen LogP contribution in [0.15, 0.2) is 34.7 Å². The fourth-order valence-electron chi connectivity index (χ4n) is 2.02. The van der Waals surface area contributed by atoms with Crippen LogP contribution >= 0.6 is 23.1 Å². The van der Waals surface area contributed by atoms with E-state index in [-0.39, 0.29) is 0 Å². The van der Waals surface area contributed by atoms with Crippen LogP contribution in [0.4, 0.5) is 0 Å². The first-order chi connectivity index (χ1) is 7.93. The average molecular weight is 245 g/mol. The minimum absolute atomic E-state index is 0.956. The van der Waals surface area contributed by atoms with Gasteiger partial charge in [0.25, 0.3) is 0 Å². The van der Waals surface area contributed by atoms with Crippen molar-refractivity contribution < 1.29 is 0 Å². The van der Waals surface area contributed by atoms with Gasteiger partial charge >= 0.3 is 0 Å². The maximum Gasteiger partial charge on any atom is 0.212 e. The van der Waals surface area contributed by atoms with Crippen LogP contribution in [0.3, 0.4) is 0 Å². The maximum absolute atomic E-state index is 4.66. The van der Waals surface area contributed by atoms with Crippen LogP contribution in [0.1, 0.15) is 5.69 Å². The summed E-state index contributed by atoms with van der Waals surface area (Å²) in [6, 6.07) is 8.43. The molecule has 4 rings (SSSR count). The highest BCUT2D eigenvalue weighted by molar-refractivity contribution is 7.98. The van der Waals surface area contributed by atoms with Crippen LogP contribution in [0, 0.1) is 0 Å². The van der Waals surface area contributed by atoms with Crippen LogP contribution in [0.2, 0.25) is 0 Å². The summed E-state index contributed by atoms with van der Waals surface area (Å²) in [7, 11) is 0. The summed E-state index contributed by atoms with van der Waals surface area (Å²) in [5, 5.41) is 4.32. The van der Waals surface area contributed by atoms with E-state index in [1.54, 1.807) is 11.3 Å². The number of nitrogens with zero attached hydrogens (tertiary/aromatic N) is 3. The predicted molar refractivity (Wildman–Crippen MR) is 65.9 cm³/mol. The van der Waals surface area contributed by atoms with E-state index in [9.17, 15) is 0 Å². The first kappa shape index (κ1) is 8.78. The lowest BCUT2D eigenvalue weighted by Gasteiger charge is -2.13. The second-order valence-corrected chi connectivity index (χ2v) is 5.45. The second-order valence-electron chi connectivity index (χ2n) is 3.63. The monoisotopic (exact) mass is 245 g/mol. The molecule has 1 aliphatic heterocycles. The maximum atomic E-state index is 4.66. The second kappa shape index (κ2) is 3.09. The van der Waals surface area contributed by atoms with Gasteiger partial charge in [0.05, 0.1) is 11.4 Å². The number of benzene rings is 1. The molecule has 1 aliphatic rings. The van der Waals surface area contributed by atoms with Gasteiger partial charge in [-0.2, -0.15) is 5.10 Å². The average Bonchev–Trinajstić information content (AvgIpc) is 2.88. The minimum Gasteiger partial charge on any atom is -0.217 e. The summed E-state index contributed by atoms with van der Waals surface area (Å²) >= 11 is 3.45. The Morgan fingerprint density at radius 3 is 3.19 bits per heavy atom. The molecule has 5 heteroatoms. The number of rotatable bonds is 0.